The van der Waals surface area contributed by atoms with E-state index >= 15 is 0 Å². The van der Waals surface area contributed by atoms with E-state index in [1.807, 2.05) is 0 Å². The number of benzene rings is 8. The summed E-state index contributed by atoms with van der Waals surface area (Å²) in [6.45, 7) is 24.9. The number of carbonyl (C=O) groups is 2. The Morgan fingerprint density at radius 2 is 0.701 bits per heavy atom. The van der Waals surface area contributed by atoms with Gasteiger partial charge in [0.1, 0.15) is 26.3 Å². The molecule has 127 heavy (non-hydrogen) atoms. The molecular formula is C87H85F18N9O11S2. The molecule has 3 fully saturated rings. The molecule has 20 nitrogen and oxygen atoms in total. The zero-order valence-corrected chi connectivity index (χ0v) is 69.8. The summed E-state index contributed by atoms with van der Waals surface area (Å²) in [5.41, 5.74) is -8.91. The molecule has 3 aliphatic heterocycles. The Hall–Kier alpha value is -10.9. The lowest BCUT2D eigenvalue weighted by Crippen LogP contribution is -2.65. The third kappa shape index (κ3) is 26.0. The van der Waals surface area contributed by atoms with E-state index < -0.39 is 173 Å². The van der Waals surface area contributed by atoms with Crippen molar-refractivity contribution in [1.29, 1.82) is 0 Å². The van der Waals surface area contributed by atoms with Gasteiger partial charge in [0.05, 0.1) is 107 Å². The van der Waals surface area contributed by atoms with Crippen molar-refractivity contribution >= 4 is 32.2 Å². The van der Waals surface area contributed by atoms with Gasteiger partial charge < -0.3 is 23.7 Å². The van der Waals surface area contributed by atoms with Crippen molar-refractivity contribution in [3.8, 4) is 0 Å². The average Bonchev–Trinajstić information content (AvgIpc) is 0.743. The number of amides is 2. The molecule has 11 rings (SSSR count). The first-order valence-corrected chi connectivity index (χ1v) is 42.4. The lowest BCUT2D eigenvalue weighted by molar-refractivity contribution is -0.145. The summed E-state index contributed by atoms with van der Waals surface area (Å²) < 4.78 is 324. The third-order valence-corrected chi connectivity index (χ3v) is 23.2. The molecule has 0 aliphatic carbocycles. The van der Waals surface area contributed by atoms with Gasteiger partial charge in [-0.25, -0.2) is 46.1 Å². The van der Waals surface area contributed by atoms with Gasteiger partial charge in [-0.3, -0.25) is 35.4 Å². The Labute approximate surface area is 720 Å². The van der Waals surface area contributed by atoms with Crippen molar-refractivity contribution in [2.45, 2.75) is 161 Å². The molecule has 0 spiro atoms. The maximum Gasteiger partial charge on any atom is 0.416 e. The molecule has 3 saturated heterocycles. The van der Waals surface area contributed by atoms with Gasteiger partial charge >= 0.3 is 66.2 Å². The van der Waals surface area contributed by atoms with Gasteiger partial charge in [0.15, 0.2) is 0 Å². The summed E-state index contributed by atoms with van der Waals surface area (Å²) in [5.74, 6) is 0. The fourth-order valence-electron chi connectivity index (χ4n) is 14.8. The molecule has 3 aliphatic rings. The number of nitrogens with zero attached hydrogens (tertiary/aromatic N) is 5. The van der Waals surface area contributed by atoms with Crippen molar-refractivity contribution < 1.29 is 129 Å². The van der Waals surface area contributed by atoms with Crippen LogP contribution in [-0.4, -0.2) is 108 Å². The summed E-state index contributed by atoms with van der Waals surface area (Å²) in [6, 6.07) is 47.0. The lowest BCUT2D eigenvalue weighted by Gasteiger charge is -2.49. The number of alkyl halides is 18. The van der Waals surface area contributed by atoms with Gasteiger partial charge in [0.2, 0.25) is 20.0 Å². The van der Waals surface area contributed by atoms with Gasteiger partial charge in [0, 0.05) is 19.3 Å². The smallest absolute Gasteiger partial charge is 0.416 e. The predicted octanol–water partition coefficient (Wildman–Crippen LogP) is 20.2. The number of ether oxygens (including phenoxy) is 5. The molecule has 0 saturated carbocycles. The second kappa shape index (κ2) is 39.4. The van der Waals surface area contributed by atoms with Crippen molar-refractivity contribution in [2.75, 3.05) is 52.0 Å². The van der Waals surface area contributed by atoms with E-state index in [0.717, 1.165) is 17.4 Å². The minimum Gasteiger partial charge on any atom is -0.445 e. The number of carbonyl (C=O) groups excluding carboxylic acids is 2. The van der Waals surface area contributed by atoms with Crippen LogP contribution in [0.4, 0.5) is 88.6 Å². The molecule has 0 aromatic heterocycles. The van der Waals surface area contributed by atoms with Crippen LogP contribution in [0.25, 0.3) is 14.5 Å². The highest BCUT2D eigenvalue weighted by atomic mass is 32.2. The summed E-state index contributed by atoms with van der Waals surface area (Å²) in [6.07, 6.45) is -33.5. The van der Waals surface area contributed by atoms with Crippen LogP contribution in [0.3, 0.4) is 0 Å². The van der Waals surface area contributed by atoms with E-state index in [9.17, 15) is 105 Å². The first-order valence-electron chi connectivity index (χ1n) is 38.6. The quantitative estimate of drug-likeness (QED) is 0.0345. The zero-order valence-electron chi connectivity index (χ0n) is 68.2. The zero-order chi connectivity index (χ0) is 93.8. The number of halogens is 18. The number of likely N-dealkylation sites (tertiary alicyclic amines) is 2. The van der Waals surface area contributed by atoms with Gasteiger partial charge in [-0.05, 0) is 139 Å². The van der Waals surface area contributed by atoms with Crippen LogP contribution in [0.15, 0.2) is 206 Å². The highest BCUT2D eigenvalue weighted by Gasteiger charge is 2.59. The molecule has 8 aromatic rings. The Bertz CT molecular complexity index is 5390. The fraction of sp³-hybridized carbons (Fsp3) is 0.391. The minimum atomic E-state index is -5.07. The van der Waals surface area contributed by atoms with E-state index in [4.69, 9.17) is 49.1 Å². The normalized spacial score (nSPS) is 22.1. The molecule has 5 N–H and O–H groups in total. The first-order chi connectivity index (χ1) is 59.0. The van der Waals surface area contributed by atoms with Crippen molar-refractivity contribution in [2.24, 2.45) is 5.73 Å². The summed E-state index contributed by atoms with van der Waals surface area (Å²) in [4.78, 5) is 40.5. The Kier molecular flexibility index (Phi) is 31.0. The van der Waals surface area contributed by atoms with Crippen molar-refractivity contribution in [3.05, 3.63) is 318 Å². The van der Waals surface area contributed by atoms with Crippen LogP contribution in [-0.2, 0) is 111 Å². The van der Waals surface area contributed by atoms with Crippen molar-refractivity contribution in [3.63, 3.8) is 0 Å². The van der Waals surface area contributed by atoms with Crippen LogP contribution in [0.1, 0.15) is 155 Å². The molecule has 2 amide bonds. The molecule has 8 aromatic carbocycles. The van der Waals surface area contributed by atoms with Crippen LogP contribution < -0.4 is 20.5 Å². The molecule has 0 radical (unpaired) electrons. The number of hydrogen-bond acceptors (Lipinski definition) is 13. The minimum absolute atomic E-state index is 0.0199. The highest BCUT2D eigenvalue weighted by molar-refractivity contribution is 7.89. The number of sulfonamides is 2. The van der Waals surface area contributed by atoms with E-state index in [1.54, 1.807) is 152 Å². The first kappa shape index (κ1) is 99.9. The standard InChI is InChI=1S/C32H31F6N3O5S.C31H29F6N3O3.C24H25F6N3O3S/c1-22(24-16-26(31(33,34)35)18-27(17-24)32(36,37)38)46-21-29(25-12-8-5-9-13-25)14-15-30(39-2,40-47(3,43)44)20-41(29)28(42)45-19-23-10-6-4-7-11-23;1-21(23-15-25(30(32,33)34)17-26(16-23)31(35,36)37)43-20-28(24-11-7-4-8-12-24)13-14-29(38,39-2)19-40(28)27(41)42-18-22-9-5-3-6-10-22;1-16(17-11-19(23(25,26)27)13-20(12-17)24(28,29)30)36-15-21(18-7-5-4-6-8-18)9-10-22(31-2,14-32-21)33-37(3,34)35/h4-13,16-18,22,40H,14-15,19-21H2,1,3H3;3-12,15-17,21H,13-14,18-20,38H2,1H3;4-8,11-13,16,32-33H,9-10,14-15H2,1,3H3/t22-,29-,30-;21-,28-,29+;16-,21-,22-/m111/s1. The number of nitrogens with two attached hydrogens (primary N) is 1. The summed E-state index contributed by atoms with van der Waals surface area (Å²) in [5, 5.41) is 3.17. The Balaban J connectivity index is 0.000000217. The molecule has 40 heteroatoms. The fourth-order valence-corrected chi connectivity index (χ4v) is 16.6. The van der Waals surface area contributed by atoms with Crippen LogP contribution in [0, 0.1) is 19.7 Å². The maximum atomic E-state index is 13.9. The highest BCUT2D eigenvalue weighted by Crippen LogP contribution is 2.49. The van der Waals surface area contributed by atoms with E-state index in [0.29, 0.717) is 64.2 Å². The summed E-state index contributed by atoms with van der Waals surface area (Å²) in [7, 11) is -7.66. The molecule has 0 unspecified atom stereocenters. The molecule has 682 valence electrons. The summed E-state index contributed by atoms with van der Waals surface area (Å²) >= 11 is 0. The Morgan fingerprint density at radius 3 is 1.00 bits per heavy atom. The van der Waals surface area contributed by atoms with Crippen LogP contribution in [0.2, 0.25) is 0 Å². The van der Waals surface area contributed by atoms with E-state index in [1.165, 1.54) is 25.7 Å². The Morgan fingerprint density at radius 1 is 0.409 bits per heavy atom. The van der Waals surface area contributed by atoms with Crippen LogP contribution >= 0.6 is 0 Å². The molecular weight excluding hydrogens is 1750 g/mol. The second-order valence-corrected chi connectivity index (χ2v) is 34.5. The van der Waals surface area contributed by atoms with E-state index in [-0.39, 0.29) is 107 Å². The molecule has 0 bridgehead atoms. The molecule has 9 atom stereocenters. The van der Waals surface area contributed by atoms with Crippen molar-refractivity contribution in [1.82, 2.24) is 24.6 Å². The van der Waals surface area contributed by atoms with Gasteiger partial charge in [-0.2, -0.15) is 79.0 Å². The largest absolute Gasteiger partial charge is 0.445 e. The number of piperidine rings is 3. The average molecular weight is 1840 g/mol. The second-order valence-electron chi connectivity index (χ2n) is 31.0. The maximum absolute atomic E-state index is 13.9. The van der Waals surface area contributed by atoms with Gasteiger partial charge in [-0.15, -0.1) is 9.44 Å². The third-order valence-electron chi connectivity index (χ3n) is 21.7. The molecule has 3 heterocycles. The monoisotopic (exact) mass is 1840 g/mol. The van der Waals surface area contributed by atoms with Gasteiger partial charge in [-0.1, -0.05) is 152 Å². The SMILES string of the molecule is [C-]#[N+][C@@]1(N)CC[C@@](CO[C@H](C)c2cc(C(F)(F)F)cc(C(F)(F)F)c2)(c2ccccc2)N(C(=O)OCc2ccccc2)C1.[C-]#[N+][C@@]1(NS(C)(=O)=O)CC[C@@](CO[C@H](C)c2cc(C(F)(F)F)cc(C(F)(F)F)c2)(c2ccccc2)N(C(=O)OCc2ccccc2)C1.[C-]#[N+][C@@]1(NS(C)(=O)=O)CC[C@@](CO[C@H](C)c2cc(C(F)(F)F)cc(C(F)(F)F)c2)(c2ccccc2)NC1. The predicted molar refractivity (Wildman–Crippen MR) is 427 cm³/mol. The number of rotatable bonds is 23. The number of hydrogen-bond donors (Lipinski definition) is 4. The number of nitrogens with one attached hydrogen (secondary N) is 3. The van der Waals surface area contributed by atoms with E-state index in [2.05, 4.69) is 29.3 Å². The lowest BCUT2D eigenvalue weighted by atomic mass is 9.78. The van der Waals surface area contributed by atoms with Crippen LogP contribution in [0.5, 0.6) is 0 Å². The topological polar surface area (TPSA) is 230 Å². The van der Waals surface area contributed by atoms with Gasteiger partial charge in [0.25, 0.3) is 0 Å².